The van der Waals surface area contributed by atoms with Crippen LogP contribution < -0.4 is 5.32 Å². The van der Waals surface area contributed by atoms with Crippen molar-refractivity contribution in [2.45, 2.75) is 0 Å². The number of para-hydroxylation sites is 1. The van der Waals surface area contributed by atoms with Crippen LogP contribution in [0.2, 0.25) is 0 Å². The maximum atomic E-state index is 4.43. The van der Waals surface area contributed by atoms with E-state index in [1.807, 2.05) is 36.4 Å². The normalized spacial score (nSPS) is 10.2. The molecule has 0 saturated heterocycles. The highest BCUT2D eigenvalue weighted by Crippen LogP contribution is 2.17. The Morgan fingerprint density at radius 2 is 1.94 bits per heavy atom. The number of anilines is 2. The molecule has 0 unspecified atom stereocenters. The number of hydrogen-bond acceptors (Lipinski definition) is 4. The third kappa shape index (κ3) is 2.20. The first-order valence-electron chi connectivity index (χ1n) is 5.56. The van der Waals surface area contributed by atoms with Gasteiger partial charge < -0.3 is 5.32 Å². The molecule has 0 aliphatic carbocycles. The molecule has 5 heteroatoms. The number of aromatic nitrogens is 4. The molecular weight excluding hydrogens is 226 g/mol. The maximum absolute atomic E-state index is 4.43. The summed E-state index contributed by atoms with van der Waals surface area (Å²) in [4.78, 5) is 8.62. The quantitative estimate of drug-likeness (QED) is 0.734. The number of rotatable bonds is 3. The zero-order valence-electron chi connectivity index (χ0n) is 9.54. The molecule has 0 aliphatic heterocycles. The first-order valence-corrected chi connectivity index (χ1v) is 5.56. The van der Waals surface area contributed by atoms with Crippen molar-refractivity contribution in [3.63, 3.8) is 0 Å². The summed E-state index contributed by atoms with van der Waals surface area (Å²) >= 11 is 0. The zero-order valence-corrected chi connectivity index (χ0v) is 9.54. The van der Waals surface area contributed by atoms with Gasteiger partial charge in [-0.05, 0) is 18.2 Å². The minimum absolute atomic E-state index is 0.569. The van der Waals surface area contributed by atoms with Crippen LogP contribution in [0, 0.1) is 0 Å². The Kier molecular flexibility index (Phi) is 2.71. The van der Waals surface area contributed by atoms with E-state index in [2.05, 4.69) is 25.5 Å². The summed E-state index contributed by atoms with van der Waals surface area (Å²) in [6.07, 6.45) is 5.25. The summed E-state index contributed by atoms with van der Waals surface area (Å²) in [5.74, 6) is 0.569. The van der Waals surface area contributed by atoms with E-state index in [0.29, 0.717) is 5.95 Å². The van der Waals surface area contributed by atoms with E-state index in [1.165, 1.54) is 0 Å². The van der Waals surface area contributed by atoms with Crippen LogP contribution in [-0.4, -0.2) is 20.2 Å². The van der Waals surface area contributed by atoms with Crippen molar-refractivity contribution in [2.75, 3.05) is 5.32 Å². The fourth-order valence-corrected chi connectivity index (χ4v) is 1.62. The monoisotopic (exact) mass is 237 g/mol. The van der Waals surface area contributed by atoms with E-state index in [4.69, 9.17) is 0 Å². The van der Waals surface area contributed by atoms with Crippen LogP contribution in [-0.2, 0) is 0 Å². The van der Waals surface area contributed by atoms with Crippen LogP contribution in [0.3, 0.4) is 0 Å². The molecule has 0 spiro atoms. The lowest BCUT2D eigenvalue weighted by Gasteiger charge is -2.05. The summed E-state index contributed by atoms with van der Waals surface area (Å²) in [5, 5.41) is 9.83. The van der Waals surface area contributed by atoms with Crippen LogP contribution in [0.4, 0.5) is 11.6 Å². The average molecular weight is 237 g/mol. The van der Waals surface area contributed by atoms with Crippen LogP contribution in [0.1, 0.15) is 0 Å². The molecule has 0 saturated carbocycles. The van der Waals surface area contributed by atoms with Crippen LogP contribution >= 0.6 is 0 Å². The van der Waals surface area contributed by atoms with Crippen LogP contribution in [0.15, 0.2) is 55.0 Å². The molecule has 0 aliphatic rings. The Bertz CT molecular complexity index is 619. The lowest BCUT2D eigenvalue weighted by Crippen LogP contribution is -1.97. The van der Waals surface area contributed by atoms with Gasteiger partial charge in [0.05, 0.1) is 11.9 Å². The molecule has 0 atom stereocenters. The molecule has 2 aromatic heterocycles. The van der Waals surface area contributed by atoms with Gasteiger partial charge in [-0.25, -0.2) is 9.97 Å². The standard InChI is InChI=1S/C13H11N5/c1-2-4-11(5-3-1)17-13-14-7-6-12(18-13)10-8-15-16-9-10/h1-9H,(H,15,16)(H,14,17,18). The zero-order chi connectivity index (χ0) is 12.2. The summed E-state index contributed by atoms with van der Waals surface area (Å²) in [6.45, 7) is 0. The second-order valence-corrected chi connectivity index (χ2v) is 3.74. The second kappa shape index (κ2) is 4.67. The molecule has 18 heavy (non-hydrogen) atoms. The van der Waals surface area contributed by atoms with Gasteiger partial charge in [0.1, 0.15) is 0 Å². The Balaban J connectivity index is 1.88. The predicted octanol–water partition coefficient (Wildman–Crippen LogP) is 2.61. The number of nitrogens with one attached hydrogen (secondary N) is 2. The molecule has 88 valence electrons. The second-order valence-electron chi connectivity index (χ2n) is 3.74. The highest BCUT2D eigenvalue weighted by atomic mass is 15.1. The summed E-state index contributed by atoms with van der Waals surface area (Å²) < 4.78 is 0. The first-order chi connectivity index (χ1) is 8.92. The molecule has 2 heterocycles. The minimum atomic E-state index is 0.569. The predicted molar refractivity (Wildman–Crippen MR) is 69.3 cm³/mol. The number of benzene rings is 1. The van der Waals surface area contributed by atoms with Gasteiger partial charge in [0.2, 0.25) is 5.95 Å². The molecule has 5 nitrogen and oxygen atoms in total. The van der Waals surface area contributed by atoms with Crippen molar-refractivity contribution < 1.29 is 0 Å². The number of nitrogens with zero attached hydrogens (tertiary/aromatic N) is 3. The summed E-state index contributed by atoms with van der Waals surface area (Å²) in [6, 6.07) is 11.7. The van der Waals surface area contributed by atoms with Crippen molar-refractivity contribution >= 4 is 11.6 Å². The average Bonchev–Trinajstić information content (AvgIpc) is 2.94. The number of aromatic amines is 1. The third-order valence-electron chi connectivity index (χ3n) is 2.48. The van der Waals surface area contributed by atoms with Gasteiger partial charge >= 0.3 is 0 Å². The van der Waals surface area contributed by atoms with Gasteiger partial charge in [0.15, 0.2) is 0 Å². The van der Waals surface area contributed by atoms with Crippen molar-refractivity contribution in [2.24, 2.45) is 0 Å². The molecule has 0 fully saturated rings. The van der Waals surface area contributed by atoms with Crippen molar-refractivity contribution in [3.8, 4) is 11.3 Å². The Morgan fingerprint density at radius 3 is 2.72 bits per heavy atom. The van der Waals surface area contributed by atoms with Gasteiger partial charge in [-0.1, -0.05) is 18.2 Å². The van der Waals surface area contributed by atoms with Gasteiger partial charge in [-0.3, -0.25) is 5.10 Å². The number of hydrogen-bond donors (Lipinski definition) is 2. The van der Waals surface area contributed by atoms with Crippen molar-refractivity contribution in [1.82, 2.24) is 20.2 Å². The minimum Gasteiger partial charge on any atom is -0.324 e. The molecule has 2 N–H and O–H groups in total. The largest absolute Gasteiger partial charge is 0.324 e. The van der Waals surface area contributed by atoms with Crippen molar-refractivity contribution in [3.05, 3.63) is 55.0 Å². The van der Waals surface area contributed by atoms with E-state index in [-0.39, 0.29) is 0 Å². The highest BCUT2D eigenvalue weighted by Gasteiger charge is 2.03. The Morgan fingerprint density at radius 1 is 1.06 bits per heavy atom. The molecule has 3 aromatic rings. The molecular formula is C13H11N5. The molecule has 0 radical (unpaired) electrons. The van der Waals surface area contributed by atoms with Gasteiger partial charge in [-0.15, -0.1) is 0 Å². The molecule has 1 aromatic carbocycles. The summed E-state index contributed by atoms with van der Waals surface area (Å²) in [5.41, 5.74) is 2.73. The number of H-pyrrole nitrogens is 1. The SMILES string of the molecule is c1ccc(Nc2nccc(-c3cn[nH]c3)n2)cc1. The molecule has 3 rings (SSSR count). The van der Waals surface area contributed by atoms with E-state index >= 15 is 0 Å². The maximum Gasteiger partial charge on any atom is 0.227 e. The lowest BCUT2D eigenvalue weighted by molar-refractivity contribution is 1.09. The molecule has 0 amide bonds. The van der Waals surface area contributed by atoms with E-state index in [0.717, 1.165) is 16.9 Å². The van der Waals surface area contributed by atoms with E-state index in [9.17, 15) is 0 Å². The lowest BCUT2D eigenvalue weighted by atomic mass is 10.2. The van der Waals surface area contributed by atoms with E-state index in [1.54, 1.807) is 18.6 Å². The molecule has 0 bridgehead atoms. The first kappa shape index (κ1) is 10.5. The topological polar surface area (TPSA) is 66.5 Å². The Hall–Kier alpha value is -2.69. The van der Waals surface area contributed by atoms with E-state index < -0.39 is 0 Å². The Labute approximate surface area is 104 Å². The highest BCUT2D eigenvalue weighted by molar-refractivity contribution is 5.60. The van der Waals surface area contributed by atoms with Crippen LogP contribution in [0.5, 0.6) is 0 Å². The smallest absolute Gasteiger partial charge is 0.227 e. The fourth-order valence-electron chi connectivity index (χ4n) is 1.62. The van der Waals surface area contributed by atoms with Crippen molar-refractivity contribution in [1.29, 1.82) is 0 Å². The fraction of sp³-hybridized carbons (Fsp3) is 0. The van der Waals surface area contributed by atoms with Gasteiger partial charge in [0.25, 0.3) is 0 Å². The summed E-state index contributed by atoms with van der Waals surface area (Å²) in [7, 11) is 0. The van der Waals surface area contributed by atoms with Crippen LogP contribution in [0.25, 0.3) is 11.3 Å². The van der Waals surface area contributed by atoms with Gasteiger partial charge in [0, 0.05) is 23.6 Å². The van der Waals surface area contributed by atoms with Gasteiger partial charge in [-0.2, -0.15) is 5.10 Å². The third-order valence-corrected chi connectivity index (χ3v) is 2.48.